The van der Waals surface area contributed by atoms with Crippen molar-refractivity contribution in [1.82, 2.24) is 0 Å². The largest absolute Gasteiger partial charge is 1.00 e. The van der Waals surface area contributed by atoms with Gasteiger partial charge in [0.15, 0.2) is 0 Å². The summed E-state index contributed by atoms with van der Waals surface area (Å²) in [5.74, 6) is 0. The molecule has 4 aromatic carbocycles. The van der Waals surface area contributed by atoms with E-state index in [-0.39, 0.29) is 1.43 Å². The van der Waals surface area contributed by atoms with Gasteiger partial charge in [-0.3, -0.25) is 0 Å². The van der Waals surface area contributed by atoms with Crippen LogP contribution in [0.25, 0.3) is 0 Å². The van der Waals surface area contributed by atoms with Crippen LogP contribution in [-0.4, -0.2) is 0 Å². The minimum atomic E-state index is -1.91. The van der Waals surface area contributed by atoms with Crippen LogP contribution in [0.4, 0.5) is 0 Å². The maximum Gasteiger partial charge on any atom is 0.144 e. The van der Waals surface area contributed by atoms with Gasteiger partial charge in [0.1, 0.15) is 28.5 Å². The minimum Gasteiger partial charge on any atom is -1.00 e. The highest BCUT2D eigenvalue weighted by Gasteiger charge is 2.47. The molecule has 0 atom stereocenters. The zero-order valence-electron chi connectivity index (χ0n) is 15.0. The second kappa shape index (κ2) is 7.05. The second-order valence-electron chi connectivity index (χ2n) is 6.01. The first-order chi connectivity index (χ1) is 12.4. The van der Waals surface area contributed by atoms with Crippen LogP contribution in [0.2, 0.25) is 0 Å². The summed E-state index contributed by atoms with van der Waals surface area (Å²) in [4.78, 5) is 0. The van der Waals surface area contributed by atoms with Crippen LogP contribution in [0, 0.1) is 0 Å². The van der Waals surface area contributed by atoms with Gasteiger partial charge in [-0.15, -0.1) is 0 Å². The van der Waals surface area contributed by atoms with Gasteiger partial charge in [-0.25, -0.2) is 0 Å². The highest BCUT2D eigenvalue weighted by atomic mass is 31.2. The van der Waals surface area contributed by atoms with Crippen molar-refractivity contribution in [1.29, 1.82) is 0 Å². The first-order valence-corrected chi connectivity index (χ1v) is 10.3. The molecule has 0 aliphatic rings. The van der Waals surface area contributed by atoms with Gasteiger partial charge in [-0.2, -0.15) is 0 Å². The van der Waals surface area contributed by atoms with E-state index in [2.05, 4.69) is 121 Å². The third kappa shape index (κ3) is 2.80. The summed E-state index contributed by atoms with van der Waals surface area (Å²) >= 11 is 0. The highest BCUT2D eigenvalue weighted by molar-refractivity contribution is 8.01. The lowest BCUT2D eigenvalue weighted by atomic mass is 10.3. The molecule has 4 aromatic rings. The van der Waals surface area contributed by atoms with Crippen LogP contribution in [0.5, 0.6) is 0 Å². The Bertz CT molecular complexity index is 759. The Morgan fingerprint density at radius 2 is 0.520 bits per heavy atom. The molecule has 0 aliphatic carbocycles. The van der Waals surface area contributed by atoms with E-state index in [1.165, 1.54) is 21.2 Å². The first-order valence-electron chi connectivity index (χ1n) is 8.54. The third-order valence-corrected chi connectivity index (χ3v) is 8.86. The fourth-order valence-corrected chi connectivity index (χ4v) is 7.77. The summed E-state index contributed by atoms with van der Waals surface area (Å²) in [6.07, 6.45) is 0. The molecule has 0 spiro atoms. The number of hydrogen-bond donors (Lipinski definition) is 0. The Hall–Kier alpha value is -2.69. The smallest absolute Gasteiger partial charge is 0.144 e. The Labute approximate surface area is 151 Å². The van der Waals surface area contributed by atoms with Crippen molar-refractivity contribution >= 4 is 28.5 Å². The Morgan fingerprint density at radius 1 is 0.320 bits per heavy atom. The standard InChI is InChI=1S/C24H20P.H/c1-5-13-21(14-6-1)25(22-15-7-2-8-16-22,23-17-9-3-10-18-23)24-19-11-4-12-20-24;/h1-20H;/q+1;-1. The van der Waals surface area contributed by atoms with Gasteiger partial charge >= 0.3 is 0 Å². The molecule has 0 saturated carbocycles. The van der Waals surface area contributed by atoms with Gasteiger partial charge in [0.2, 0.25) is 0 Å². The Kier molecular flexibility index (Phi) is 4.46. The average molecular weight is 340 g/mol. The minimum absolute atomic E-state index is 0. The Balaban J connectivity index is 0.00000196. The van der Waals surface area contributed by atoms with E-state index in [0.717, 1.165) is 0 Å². The molecule has 0 radical (unpaired) electrons. The van der Waals surface area contributed by atoms with Crippen molar-refractivity contribution in [3.8, 4) is 0 Å². The van der Waals surface area contributed by atoms with E-state index in [1.54, 1.807) is 0 Å². The molecule has 0 amide bonds. The lowest BCUT2D eigenvalue weighted by molar-refractivity contribution is 1.71. The average Bonchev–Trinajstić information content (AvgIpc) is 2.72. The molecule has 25 heavy (non-hydrogen) atoms. The van der Waals surface area contributed by atoms with E-state index in [4.69, 9.17) is 0 Å². The number of benzene rings is 4. The lowest BCUT2D eigenvalue weighted by Gasteiger charge is -2.27. The van der Waals surface area contributed by atoms with Crippen molar-refractivity contribution in [2.24, 2.45) is 0 Å². The summed E-state index contributed by atoms with van der Waals surface area (Å²) in [5, 5.41) is 5.55. The zero-order chi connectivity index (χ0) is 17.0. The number of rotatable bonds is 4. The molecule has 0 N–H and O–H groups in total. The van der Waals surface area contributed by atoms with Crippen molar-refractivity contribution in [3.63, 3.8) is 0 Å². The van der Waals surface area contributed by atoms with Crippen LogP contribution in [0.15, 0.2) is 121 Å². The summed E-state index contributed by atoms with van der Waals surface area (Å²) in [7, 11) is -1.91. The summed E-state index contributed by atoms with van der Waals surface area (Å²) in [6, 6.07) is 43.8. The molecule has 0 unspecified atom stereocenters. The molecule has 0 aromatic heterocycles. The predicted molar refractivity (Wildman–Crippen MR) is 112 cm³/mol. The summed E-state index contributed by atoms with van der Waals surface area (Å²) in [6.45, 7) is 0. The van der Waals surface area contributed by atoms with Crippen LogP contribution in [0.1, 0.15) is 1.43 Å². The molecule has 0 aliphatic heterocycles. The second-order valence-corrected chi connectivity index (χ2v) is 9.42. The van der Waals surface area contributed by atoms with Gasteiger partial charge in [0, 0.05) is 0 Å². The highest BCUT2D eigenvalue weighted by Crippen LogP contribution is 2.53. The normalized spacial score (nSPS) is 11.2. The molecule has 0 saturated heterocycles. The van der Waals surface area contributed by atoms with Gasteiger partial charge < -0.3 is 1.43 Å². The predicted octanol–water partition coefficient (Wildman–Crippen LogP) is 4.42. The van der Waals surface area contributed by atoms with Gasteiger partial charge in [0.05, 0.1) is 0 Å². The molecule has 4 rings (SSSR count). The fourth-order valence-electron chi connectivity index (χ4n) is 3.50. The summed E-state index contributed by atoms with van der Waals surface area (Å²) in [5.41, 5.74) is 0. The van der Waals surface area contributed by atoms with Gasteiger partial charge in [-0.05, 0) is 48.5 Å². The van der Waals surface area contributed by atoms with Crippen molar-refractivity contribution in [2.45, 2.75) is 0 Å². The molecular weight excluding hydrogens is 319 g/mol. The summed E-state index contributed by atoms with van der Waals surface area (Å²) < 4.78 is 0. The first kappa shape index (κ1) is 15.8. The lowest BCUT2D eigenvalue weighted by Crippen LogP contribution is -2.38. The molecule has 0 fully saturated rings. The molecular formula is C24H21P. The van der Waals surface area contributed by atoms with Crippen molar-refractivity contribution < 1.29 is 1.43 Å². The van der Waals surface area contributed by atoms with Crippen LogP contribution < -0.4 is 21.2 Å². The topological polar surface area (TPSA) is 0 Å². The Morgan fingerprint density at radius 3 is 0.720 bits per heavy atom. The maximum absolute atomic E-state index is 2.28. The van der Waals surface area contributed by atoms with Gasteiger partial charge in [0.25, 0.3) is 0 Å². The van der Waals surface area contributed by atoms with Crippen LogP contribution >= 0.6 is 7.26 Å². The van der Waals surface area contributed by atoms with Crippen molar-refractivity contribution in [2.75, 3.05) is 0 Å². The molecule has 0 heterocycles. The maximum atomic E-state index is 2.28. The molecule has 122 valence electrons. The van der Waals surface area contributed by atoms with Crippen LogP contribution in [-0.2, 0) is 0 Å². The quantitative estimate of drug-likeness (QED) is 0.483. The zero-order valence-corrected chi connectivity index (χ0v) is 14.9. The van der Waals surface area contributed by atoms with Crippen molar-refractivity contribution in [3.05, 3.63) is 121 Å². The molecule has 0 nitrogen and oxygen atoms in total. The van der Waals surface area contributed by atoms with Crippen LogP contribution in [0.3, 0.4) is 0 Å². The van der Waals surface area contributed by atoms with Gasteiger partial charge in [-0.1, -0.05) is 72.8 Å². The van der Waals surface area contributed by atoms with E-state index >= 15 is 0 Å². The van der Waals surface area contributed by atoms with E-state index < -0.39 is 7.26 Å². The SMILES string of the molecule is [H-].c1ccc([P+](c2ccccc2)(c2ccccc2)c2ccccc2)cc1. The number of hydrogen-bond acceptors (Lipinski definition) is 0. The van der Waals surface area contributed by atoms with E-state index in [9.17, 15) is 0 Å². The molecule has 0 bridgehead atoms. The van der Waals surface area contributed by atoms with E-state index in [1.807, 2.05) is 0 Å². The van der Waals surface area contributed by atoms with E-state index in [0.29, 0.717) is 0 Å². The fraction of sp³-hybridized carbons (Fsp3) is 0. The third-order valence-electron chi connectivity index (χ3n) is 4.57. The monoisotopic (exact) mass is 340 g/mol. The molecule has 1 heteroatoms.